The van der Waals surface area contributed by atoms with E-state index in [9.17, 15) is 0 Å². The van der Waals surface area contributed by atoms with Crippen LogP contribution in [0.1, 0.15) is 25.1 Å². The number of ether oxygens (including phenoxy) is 1. The van der Waals surface area contributed by atoms with E-state index in [4.69, 9.17) is 16.3 Å². The Kier molecular flexibility index (Phi) is 5.04. The lowest BCUT2D eigenvalue weighted by Crippen LogP contribution is -2.23. The molecule has 5 heteroatoms. The van der Waals surface area contributed by atoms with Crippen LogP contribution in [0.3, 0.4) is 0 Å². The van der Waals surface area contributed by atoms with Crippen LogP contribution in [0.2, 0.25) is 5.02 Å². The fourth-order valence-corrected chi connectivity index (χ4v) is 2.19. The van der Waals surface area contributed by atoms with Crippen molar-refractivity contribution in [3.8, 4) is 5.75 Å². The second kappa shape index (κ2) is 6.77. The summed E-state index contributed by atoms with van der Waals surface area (Å²) in [5.74, 6) is 0.827. The van der Waals surface area contributed by atoms with Gasteiger partial charge in [0.1, 0.15) is 5.75 Å². The lowest BCUT2D eigenvalue weighted by molar-refractivity contribution is 0.406. The third kappa shape index (κ3) is 3.74. The number of rotatable bonds is 6. The van der Waals surface area contributed by atoms with Gasteiger partial charge in [0.25, 0.3) is 0 Å². The standard InChI is InChI=1S/C15H20ClN3O/c1-11(2)17-9-14-6-7-18-19(14)10-12-8-13(16)4-5-15(12)20-3/h4-8,11,17H,9-10H2,1-3H3. The molecule has 0 fully saturated rings. The topological polar surface area (TPSA) is 39.1 Å². The van der Waals surface area contributed by atoms with Gasteiger partial charge in [-0.15, -0.1) is 0 Å². The Bertz CT molecular complexity index is 566. The molecule has 0 amide bonds. The van der Waals surface area contributed by atoms with Crippen molar-refractivity contribution < 1.29 is 4.74 Å². The van der Waals surface area contributed by atoms with Crippen LogP contribution in [0.4, 0.5) is 0 Å². The number of methoxy groups -OCH3 is 1. The molecule has 0 atom stereocenters. The van der Waals surface area contributed by atoms with E-state index in [2.05, 4.69) is 24.3 Å². The number of nitrogens with zero attached hydrogens (tertiary/aromatic N) is 2. The zero-order valence-corrected chi connectivity index (χ0v) is 12.8. The smallest absolute Gasteiger partial charge is 0.124 e. The molecule has 1 aromatic carbocycles. The van der Waals surface area contributed by atoms with Gasteiger partial charge < -0.3 is 10.1 Å². The van der Waals surface area contributed by atoms with Gasteiger partial charge in [-0.05, 0) is 24.3 Å². The summed E-state index contributed by atoms with van der Waals surface area (Å²) in [5.41, 5.74) is 2.16. The van der Waals surface area contributed by atoms with Gasteiger partial charge in [0.2, 0.25) is 0 Å². The highest BCUT2D eigenvalue weighted by molar-refractivity contribution is 6.30. The Morgan fingerprint density at radius 1 is 1.35 bits per heavy atom. The first kappa shape index (κ1) is 14.9. The monoisotopic (exact) mass is 293 g/mol. The molecule has 20 heavy (non-hydrogen) atoms. The maximum absolute atomic E-state index is 6.06. The highest BCUT2D eigenvalue weighted by Crippen LogP contribution is 2.23. The molecule has 2 rings (SSSR count). The molecule has 108 valence electrons. The molecular formula is C15H20ClN3O. The Balaban J connectivity index is 2.18. The summed E-state index contributed by atoms with van der Waals surface area (Å²) in [5, 5.41) is 8.47. The zero-order chi connectivity index (χ0) is 14.5. The molecule has 0 aliphatic heterocycles. The molecule has 0 bridgehead atoms. The van der Waals surface area contributed by atoms with Gasteiger partial charge in [-0.3, -0.25) is 4.68 Å². The van der Waals surface area contributed by atoms with E-state index in [1.165, 1.54) is 0 Å². The summed E-state index contributed by atoms with van der Waals surface area (Å²) in [4.78, 5) is 0. The third-order valence-electron chi connectivity index (χ3n) is 3.06. The van der Waals surface area contributed by atoms with E-state index in [1.807, 2.05) is 35.1 Å². The van der Waals surface area contributed by atoms with Crippen LogP contribution in [-0.2, 0) is 13.1 Å². The summed E-state index contributed by atoms with van der Waals surface area (Å²) in [7, 11) is 1.66. The first-order valence-electron chi connectivity index (χ1n) is 6.66. The predicted octanol–water partition coefficient (Wildman–Crippen LogP) is 3.09. The number of halogens is 1. The molecule has 0 spiro atoms. The molecule has 0 aliphatic carbocycles. The quantitative estimate of drug-likeness (QED) is 0.889. The van der Waals surface area contributed by atoms with Crippen LogP contribution in [0.15, 0.2) is 30.5 Å². The second-order valence-corrected chi connectivity index (χ2v) is 5.41. The molecule has 0 aliphatic rings. The lowest BCUT2D eigenvalue weighted by atomic mass is 10.2. The highest BCUT2D eigenvalue weighted by Gasteiger charge is 2.08. The number of nitrogens with one attached hydrogen (secondary N) is 1. The van der Waals surface area contributed by atoms with E-state index < -0.39 is 0 Å². The van der Waals surface area contributed by atoms with Crippen LogP contribution in [0.5, 0.6) is 5.75 Å². The number of hydrogen-bond donors (Lipinski definition) is 1. The van der Waals surface area contributed by atoms with Gasteiger partial charge in [-0.1, -0.05) is 25.4 Å². The molecule has 0 unspecified atom stereocenters. The summed E-state index contributed by atoms with van der Waals surface area (Å²) >= 11 is 6.06. The van der Waals surface area contributed by atoms with Gasteiger partial charge in [0.05, 0.1) is 19.3 Å². The summed E-state index contributed by atoms with van der Waals surface area (Å²) in [6.45, 7) is 5.69. The fourth-order valence-electron chi connectivity index (χ4n) is 1.99. The normalized spacial score (nSPS) is 11.1. The van der Waals surface area contributed by atoms with Gasteiger partial charge in [-0.2, -0.15) is 5.10 Å². The van der Waals surface area contributed by atoms with Crippen molar-refractivity contribution in [2.75, 3.05) is 7.11 Å². The highest BCUT2D eigenvalue weighted by atomic mass is 35.5. The van der Waals surface area contributed by atoms with E-state index in [0.717, 1.165) is 23.6 Å². The lowest BCUT2D eigenvalue weighted by Gasteiger charge is -2.13. The molecule has 4 nitrogen and oxygen atoms in total. The first-order chi connectivity index (χ1) is 9.60. The minimum absolute atomic E-state index is 0.444. The number of aromatic nitrogens is 2. The Labute approximate surface area is 124 Å². The molecule has 2 aromatic rings. The van der Waals surface area contributed by atoms with E-state index in [-0.39, 0.29) is 0 Å². The van der Waals surface area contributed by atoms with E-state index in [1.54, 1.807) is 7.11 Å². The number of hydrogen-bond acceptors (Lipinski definition) is 3. The van der Waals surface area contributed by atoms with Crippen LogP contribution >= 0.6 is 11.6 Å². The SMILES string of the molecule is COc1ccc(Cl)cc1Cn1nccc1CNC(C)C. The van der Waals surface area contributed by atoms with Crippen molar-refractivity contribution in [3.05, 3.63) is 46.7 Å². The first-order valence-corrected chi connectivity index (χ1v) is 7.04. The Hall–Kier alpha value is -1.52. The molecule has 0 radical (unpaired) electrons. The molecule has 0 saturated carbocycles. The van der Waals surface area contributed by atoms with Crippen LogP contribution in [0, 0.1) is 0 Å². The minimum Gasteiger partial charge on any atom is -0.496 e. The largest absolute Gasteiger partial charge is 0.496 e. The van der Waals surface area contributed by atoms with Crippen LogP contribution in [-0.4, -0.2) is 22.9 Å². The van der Waals surface area contributed by atoms with Crippen LogP contribution < -0.4 is 10.1 Å². The van der Waals surface area contributed by atoms with Gasteiger partial charge in [-0.25, -0.2) is 0 Å². The average molecular weight is 294 g/mol. The molecule has 0 saturated heterocycles. The second-order valence-electron chi connectivity index (χ2n) is 4.97. The van der Waals surface area contributed by atoms with Crippen LogP contribution in [0.25, 0.3) is 0 Å². The minimum atomic E-state index is 0.444. The van der Waals surface area contributed by atoms with Gasteiger partial charge in [0, 0.05) is 29.4 Å². The van der Waals surface area contributed by atoms with Crippen molar-refractivity contribution in [1.29, 1.82) is 0 Å². The Morgan fingerprint density at radius 3 is 2.85 bits per heavy atom. The van der Waals surface area contributed by atoms with Gasteiger partial charge >= 0.3 is 0 Å². The molecule has 1 aromatic heterocycles. The van der Waals surface area contributed by atoms with Gasteiger partial charge in [0.15, 0.2) is 0 Å². The van der Waals surface area contributed by atoms with Crippen molar-refractivity contribution in [2.45, 2.75) is 33.0 Å². The molecular weight excluding hydrogens is 274 g/mol. The summed E-state index contributed by atoms with van der Waals surface area (Å²) in [6, 6.07) is 8.09. The van der Waals surface area contributed by atoms with Crippen molar-refractivity contribution in [2.24, 2.45) is 0 Å². The molecule has 1 heterocycles. The summed E-state index contributed by atoms with van der Waals surface area (Å²) < 4.78 is 7.33. The zero-order valence-electron chi connectivity index (χ0n) is 12.1. The fraction of sp³-hybridized carbons (Fsp3) is 0.400. The van der Waals surface area contributed by atoms with Crippen molar-refractivity contribution in [1.82, 2.24) is 15.1 Å². The third-order valence-corrected chi connectivity index (χ3v) is 3.29. The van der Waals surface area contributed by atoms with E-state index >= 15 is 0 Å². The average Bonchev–Trinajstić information content (AvgIpc) is 2.84. The summed E-state index contributed by atoms with van der Waals surface area (Å²) in [6.07, 6.45) is 1.81. The molecule has 1 N–H and O–H groups in total. The maximum Gasteiger partial charge on any atom is 0.124 e. The Morgan fingerprint density at radius 2 is 2.15 bits per heavy atom. The predicted molar refractivity (Wildman–Crippen MR) is 81.3 cm³/mol. The maximum atomic E-state index is 6.06. The van der Waals surface area contributed by atoms with E-state index in [0.29, 0.717) is 17.6 Å². The van der Waals surface area contributed by atoms with Crippen molar-refractivity contribution >= 4 is 11.6 Å². The number of benzene rings is 1. The van der Waals surface area contributed by atoms with Crippen molar-refractivity contribution in [3.63, 3.8) is 0 Å².